The summed E-state index contributed by atoms with van der Waals surface area (Å²) in [6.07, 6.45) is 6.76. The van der Waals surface area contributed by atoms with Gasteiger partial charge in [-0.3, -0.25) is 0 Å². The predicted octanol–water partition coefficient (Wildman–Crippen LogP) is 4.48. The summed E-state index contributed by atoms with van der Waals surface area (Å²) < 4.78 is 0. The number of fused-ring (bicyclic) bond motifs is 4. The van der Waals surface area contributed by atoms with Crippen LogP contribution in [-0.2, 0) is 5.41 Å². The third-order valence-corrected chi connectivity index (χ3v) is 5.09. The second-order valence-corrected chi connectivity index (χ2v) is 7.03. The molecule has 1 spiro atoms. The van der Waals surface area contributed by atoms with Gasteiger partial charge in [0.05, 0.1) is 0 Å². The Balaban J connectivity index is 1.91. The molecule has 4 rings (SSSR count). The van der Waals surface area contributed by atoms with Crippen LogP contribution in [0.1, 0.15) is 55.7 Å². The first-order chi connectivity index (χ1) is 8.02. The van der Waals surface area contributed by atoms with Crippen molar-refractivity contribution in [3.8, 4) is 0 Å². The molecule has 88 valence electrons. The third-order valence-electron chi connectivity index (χ3n) is 5.09. The van der Waals surface area contributed by atoms with Crippen LogP contribution in [0.3, 0.4) is 0 Å². The van der Waals surface area contributed by atoms with Gasteiger partial charge in [-0.15, -0.1) is 0 Å². The summed E-state index contributed by atoms with van der Waals surface area (Å²) in [5, 5.41) is 0. The summed E-state index contributed by atoms with van der Waals surface area (Å²) in [7, 11) is 0. The van der Waals surface area contributed by atoms with Crippen molar-refractivity contribution in [1.82, 2.24) is 0 Å². The van der Waals surface area contributed by atoms with Crippen LogP contribution < -0.4 is 0 Å². The normalized spacial score (nSPS) is 30.1. The van der Waals surface area contributed by atoms with E-state index in [-0.39, 0.29) is 0 Å². The first kappa shape index (κ1) is 9.94. The van der Waals surface area contributed by atoms with Crippen LogP contribution in [0.25, 0.3) is 0 Å². The molecule has 0 aliphatic heterocycles. The molecule has 0 aromatic heterocycles. The maximum Gasteiger partial charge on any atom is 0.0240 e. The van der Waals surface area contributed by atoms with E-state index in [0.717, 1.165) is 0 Å². The van der Waals surface area contributed by atoms with Gasteiger partial charge in [0.2, 0.25) is 0 Å². The van der Waals surface area contributed by atoms with Crippen molar-refractivity contribution in [2.24, 2.45) is 5.41 Å². The zero-order valence-corrected chi connectivity index (χ0v) is 11.0. The second-order valence-electron chi connectivity index (χ2n) is 7.03. The lowest BCUT2D eigenvalue weighted by Crippen LogP contribution is -2.22. The summed E-state index contributed by atoms with van der Waals surface area (Å²) in [5.41, 5.74) is 7.35. The second kappa shape index (κ2) is 2.68. The Bertz CT molecular complexity index is 541. The molecule has 1 atom stereocenters. The zero-order chi connectivity index (χ0) is 11.8. The molecule has 0 heteroatoms. The lowest BCUT2D eigenvalue weighted by atomic mass is 9.75. The molecule has 0 amide bonds. The van der Waals surface area contributed by atoms with Crippen molar-refractivity contribution in [3.05, 3.63) is 46.5 Å². The molecule has 0 saturated heterocycles. The van der Waals surface area contributed by atoms with Crippen molar-refractivity contribution in [2.75, 3.05) is 0 Å². The zero-order valence-electron chi connectivity index (χ0n) is 11.0. The Labute approximate surface area is 104 Å². The van der Waals surface area contributed by atoms with E-state index in [2.05, 4.69) is 45.0 Å². The standard InChI is InChI=1S/C17H20/c1-11-4-5-12-13-9-15(13)17(6-7-17)10-16(2,3)14(12)8-11/h4-5,8-9,13H,6-7,10H2,1-3H3. The van der Waals surface area contributed by atoms with Crippen LogP contribution in [0.5, 0.6) is 0 Å². The summed E-state index contributed by atoms with van der Waals surface area (Å²) in [6, 6.07) is 7.09. The van der Waals surface area contributed by atoms with Gasteiger partial charge in [0.15, 0.2) is 0 Å². The summed E-state index contributed by atoms with van der Waals surface area (Å²) >= 11 is 0. The van der Waals surface area contributed by atoms with Gasteiger partial charge < -0.3 is 0 Å². The molecule has 17 heavy (non-hydrogen) atoms. The molecule has 1 saturated carbocycles. The van der Waals surface area contributed by atoms with Gasteiger partial charge in [0, 0.05) is 5.92 Å². The van der Waals surface area contributed by atoms with Crippen LogP contribution >= 0.6 is 0 Å². The van der Waals surface area contributed by atoms with Gasteiger partial charge in [-0.2, -0.15) is 0 Å². The number of allylic oxidation sites excluding steroid dienone is 2. The largest absolute Gasteiger partial charge is 0.0722 e. The third kappa shape index (κ3) is 1.24. The number of hydrogen-bond donors (Lipinski definition) is 0. The van der Waals surface area contributed by atoms with Crippen molar-refractivity contribution in [3.63, 3.8) is 0 Å². The highest BCUT2D eigenvalue weighted by Crippen LogP contribution is 2.69. The Morgan fingerprint density at radius 1 is 1.18 bits per heavy atom. The van der Waals surface area contributed by atoms with Gasteiger partial charge in [0.1, 0.15) is 0 Å². The van der Waals surface area contributed by atoms with E-state index >= 15 is 0 Å². The van der Waals surface area contributed by atoms with Crippen LogP contribution in [0.15, 0.2) is 29.8 Å². The molecule has 0 N–H and O–H groups in total. The van der Waals surface area contributed by atoms with Crippen molar-refractivity contribution in [1.29, 1.82) is 0 Å². The minimum absolute atomic E-state index is 0.353. The SMILES string of the molecule is Cc1ccc2c(c1)C(C)(C)CC1(CC1)C1=CC12. The highest BCUT2D eigenvalue weighted by molar-refractivity contribution is 5.58. The highest BCUT2D eigenvalue weighted by Gasteiger charge is 2.57. The van der Waals surface area contributed by atoms with E-state index in [1.165, 1.54) is 24.8 Å². The van der Waals surface area contributed by atoms with Gasteiger partial charge >= 0.3 is 0 Å². The Hall–Kier alpha value is -1.04. The van der Waals surface area contributed by atoms with Crippen molar-refractivity contribution < 1.29 is 0 Å². The summed E-state index contributed by atoms with van der Waals surface area (Å²) in [5.74, 6) is 0.704. The number of aryl methyl sites for hydroxylation is 1. The van der Waals surface area contributed by atoms with Gasteiger partial charge in [-0.1, -0.05) is 49.3 Å². The fourth-order valence-electron chi connectivity index (χ4n) is 4.08. The fourth-order valence-corrected chi connectivity index (χ4v) is 4.08. The van der Waals surface area contributed by atoms with Gasteiger partial charge in [-0.25, -0.2) is 0 Å². The van der Waals surface area contributed by atoms with Crippen LogP contribution in [0, 0.1) is 12.3 Å². The topological polar surface area (TPSA) is 0 Å². The maximum absolute atomic E-state index is 2.52. The van der Waals surface area contributed by atoms with E-state index in [1.54, 1.807) is 16.7 Å². The van der Waals surface area contributed by atoms with Crippen molar-refractivity contribution >= 4 is 0 Å². The summed E-state index contributed by atoms with van der Waals surface area (Å²) in [6.45, 7) is 7.10. The molecule has 1 fully saturated rings. The lowest BCUT2D eigenvalue weighted by molar-refractivity contribution is 0.391. The molecule has 0 bridgehead atoms. The van der Waals surface area contributed by atoms with Crippen LogP contribution in [0.2, 0.25) is 0 Å². The molecular formula is C17H20. The monoisotopic (exact) mass is 224 g/mol. The number of benzene rings is 1. The Morgan fingerprint density at radius 3 is 2.65 bits per heavy atom. The van der Waals surface area contributed by atoms with E-state index in [4.69, 9.17) is 0 Å². The van der Waals surface area contributed by atoms with E-state index in [9.17, 15) is 0 Å². The average molecular weight is 224 g/mol. The minimum Gasteiger partial charge on any atom is -0.0722 e. The lowest BCUT2D eigenvalue weighted by Gasteiger charge is -2.29. The van der Waals surface area contributed by atoms with E-state index in [0.29, 0.717) is 16.7 Å². The molecule has 0 heterocycles. The number of rotatable bonds is 0. The predicted molar refractivity (Wildman–Crippen MR) is 71.3 cm³/mol. The highest BCUT2D eigenvalue weighted by atomic mass is 14.6. The van der Waals surface area contributed by atoms with Crippen LogP contribution in [-0.4, -0.2) is 0 Å². The van der Waals surface area contributed by atoms with E-state index < -0.39 is 0 Å². The minimum atomic E-state index is 0.353. The smallest absolute Gasteiger partial charge is 0.0240 e. The molecule has 0 radical (unpaired) electrons. The van der Waals surface area contributed by atoms with Gasteiger partial charge in [0.25, 0.3) is 0 Å². The maximum atomic E-state index is 2.52. The van der Waals surface area contributed by atoms with Crippen molar-refractivity contribution in [2.45, 2.75) is 51.4 Å². The molecular weight excluding hydrogens is 204 g/mol. The van der Waals surface area contributed by atoms with E-state index in [1.807, 2.05) is 0 Å². The van der Waals surface area contributed by atoms with Gasteiger partial charge in [-0.05, 0) is 48.1 Å². The summed E-state index contributed by atoms with van der Waals surface area (Å²) in [4.78, 5) is 0. The number of hydrogen-bond acceptors (Lipinski definition) is 0. The van der Waals surface area contributed by atoms with Crippen LogP contribution in [0.4, 0.5) is 0 Å². The molecule has 3 aliphatic rings. The molecule has 1 aromatic carbocycles. The fraction of sp³-hybridized carbons (Fsp3) is 0.529. The molecule has 0 nitrogen and oxygen atoms in total. The quantitative estimate of drug-likeness (QED) is 0.570. The molecule has 3 aliphatic carbocycles. The Morgan fingerprint density at radius 2 is 1.94 bits per heavy atom. The Kier molecular flexibility index (Phi) is 1.57. The molecule has 1 aromatic rings. The first-order valence-corrected chi connectivity index (χ1v) is 6.85. The average Bonchev–Trinajstić information content (AvgIpc) is 3.08. The molecule has 1 unspecified atom stereocenters. The first-order valence-electron chi connectivity index (χ1n) is 6.85.